The van der Waals surface area contributed by atoms with Crippen molar-refractivity contribution in [1.82, 2.24) is 14.7 Å². The fourth-order valence-corrected chi connectivity index (χ4v) is 4.92. The highest BCUT2D eigenvalue weighted by molar-refractivity contribution is 5.99. The molecule has 1 aliphatic carbocycles. The molecule has 1 saturated carbocycles. The minimum atomic E-state index is -0.439. The number of aliphatic hydroxyl groups is 1. The number of hydrogen-bond donors (Lipinski definition) is 1. The number of nitrogens with zero attached hydrogens (tertiary/aromatic N) is 3. The van der Waals surface area contributed by atoms with Gasteiger partial charge in [-0.2, -0.15) is 5.10 Å². The van der Waals surface area contributed by atoms with Gasteiger partial charge in [-0.15, -0.1) is 0 Å². The highest BCUT2D eigenvalue weighted by Gasteiger charge is 2.38. The zero-order valence-electron chi connectivity index (χ0n) is 17.8. The summed E-state index contributed by atoms with van der Waals surface area (Å²) in [5.74, 6) is -0.293. The lowest BCUT2D eigenvalue weighted by Crippen LogP contribution is -2.40. The van der Waals surface area contributed by atoms with Gasteiger partial charge in [-0.25, -0.2) is 4.39 Å². The predicted molar refractivity (Wildman–Crippen MR) is 116 cm³/mol. The standard InChI is InChI=1S/C25H26FN3O2/c1-15-10-19-14-29(23-4-3-5-24(23)30)25(31)20(19)12-18(15)11-16-6-7-17(13-21(16)26)22-8-9-28(2)27-22/h6-10,12-13,23-24,30H,3-5,11,14H2,1-2H3/t23-,24-/m0/s1. The van der Waals surface area contributed by atoms with Gasteiger partial charge in [0.25, 0.3) is 5.91 Å². The molecule has 0 saturated heterocycles. The van der Waals surface area contributed by atoms with Crippen LogP contribution in [0, 0.1) is 12.7 Å². The first-order chi connectivity index (χ1) is 14.9. The number of benzene rings is 2. The Kier molecular flexibility index (Phi) is 4.89. The quantitative estimate of drug-likeness (QED) is 0.696. The minimum absolute atomic E-state index is 0.0202. The topological polar surface area (TPSA) is 58.4 Å². The number of carbonyl (C=O) groups excluding carboxylic acids is 1. The molecule has 0 bridgehead atoms. The van der Waals surface area contributed by atoms with Crippen LogP contribution in [0.5, 0.6) is 0 Å². The van der Waals surface area contributed by atoms with Crippen LogP contribution in [0.3, 0.4) is 0 Å². The van der Waals surface area contributed by atoms with Crippen LogP contribution in [-0.2, 0) is 20.0 Å². The molecule has 2 aliphatic rings. The van der Waals surface area contributed by atoms with Crippen LogP contribution in [-0.4, -0.2) is 37.8 Å². The highest BCUT2D eigenvalue weighted by atomic mass is 19.1. The molecular formula is C25H26FN3O2. The lowest BCUT2D eigenvalue weighted by Gasteiger charge is -2.26. The van der Waals surface area contributed by atoms with Crippen LogP contribution in [0.4, 0.5) is 4.39 Å². The van der Waals surface area contributed by atoms with E-state index in [-0.39, 0.29) is 17.8 Å². The molecule has 160 valence electrons. The monoisotopic (exact) mass is 419 g/mol. The van der Waals surface area contributed by atoms with E-state index in [2.05, 4.69) is 5.10 Å². The van der Waals surface area contributed by atoms with E-state index in [9.17, 15) is 14.3 Å². The molecule has 1 fully saturated rings. The number of halogens is 1. The van der Waals surface area contributed by atoms with Gasteiger partial charge < -0.3 is 10.0 Å². The molecule has 6 heteroatoms. The van der Waals surface area contributed by atoms with Crippen molar-refractivity contribution in [3.05, 3.63) is 76.2 Å². The van der Waals surface area contributed by atoms with Gasteiger partial charge >= 0.3 is 0 Å². The van der Waals surface area contributed by atoms with E-state index in [0.717, 1.165) is 47.2 Å². The number of hydrogen-bond acceptors (Lipinski definition) is 3. The highest BCUT2D eigenvalue weighted by Crippen LogP contribution is 2.34. The van der Waals surface area contributed by atoms with Gasteiger partial charge in [0, 0.05) is 37.3 Å². The van der Waals surface area contributed by atoms with Crippen molar-refractivity contribution >= 4 is 5.91 Å². The van der Waals surface area contributed by atoms with Crippen molar-refractivity contribution < 1.29 is 14.3 Å². The molecule has 1 N–H and O–H groups in total. The van der Waals surface area contributed by atoms with E-state index in [1.165, 1.54) is 6.07 Å². The minimum Gasteiger partial charge on any atom is -0.391 e. The van der Waals surface area contributed by atoms with Crippen molar-refractivity contribution in [3.8, 4) is 11.3 Å². The predicted octanol–water partition coefficient (Wildman–Crippen LogP) is 3.99. The third-order valence-electron chi connectivity index (χ3n) is 6.68. The number of amides is 1. The fraction of sp³-hybridized carbons (Fsp3) is 0.360. The van der Waals surface area contributed by atoms with Crippen molar-refractivity contribution in [2.24, 2.45) is 7.05 Å². The number of aromatic nitrogens is 2. The number of aliphatic hydroxyl groups excluding tert-OH is 1. The Morgan fingerprint density at radius 2 is 2.00 bits per heavy atom. The van der Waals surface area contributed by atoms with E-state index in [1.54, 1.807) is 10.7 Å². The van der Waals surface area contributed by atoms with Gasteiger partial charge in [0.15, 0.2) is 0 Å². The van der Waals surface area contributed by atoms with E-state index in [1.807, 2.05) is 49.3 Å². The van der Waals surface area contributed by atoms with Crippen LogP contribution in [0.25, 0.3) is 11.3 Å². The van der Waals surface area contributed by atoms with Gasteiger partial charge in [0.1, 0.15) is 5.82 Å². The van der Waals surface area contributed by atoms with Crippen molar-refractivity contribution in [3.63, 3.8) is 0 Å². The van der Waals surface area contributed by atoms with Crippen LogP contribution in [0.1, 0.15) is 51.9 Å². The smallest absolute Gasteiger partial charge is 0.254 e. The van der Waals surface area contributed by atoms with E-state index < -0.39 is 6.10 Å². The molecule has 0 spiro atoms. The van der Waals surface area contributed by atoms with Crippen LogP contribution in [0.15, 0.2) is 42.6 Å². The fourth-order valence-electron chi connectivity index (χ4n) is 4.92. The number of carbonyl (C=O) groups is 1. The van der Waals surface area contributed by atoms with Gasteiger partial charge in [-0.3, -0.25) is 9.48 Å². The molecule has 3 aromatic rings. The van der Waals surface area contributed by atoms with Crippen molar-refractivity contribution in [2.45, 2.75) is 51.3 Å². The van der Waals surface area contributed by atoms with Gasteiger partial charge in [-0.1, -0.05) is 18.2 Å². The Morgan fingerprint density at radius 3 is 2.68 bits per heavy atom. The lowest BCUT2D eigenvalue weighted by atomic mass is 9.95. The Labute approximate surface area is 181 Å². The molecular weight excluding hydrogens is 393 g/mol. The van der Waals surface area contributed by atoms with Crippen LogP contribution < -0.4 is 0 Å². The maximum atomic E-state index is 14.9. The summed E-state index contributed by atoms with van der Waals surface area (Å²) in [4.78, 5) is 14.9. The maximum Gasteiger partial charge on any atom is 0.254 e. The van der Waals surface area contributed by atoms with Gasteiger partial charge in [-0.05, 0) is 66.6 Å². The summed E-state index contributed by atoms with van der Waals surface area (Å²) in [5, 5.41) is 14.6. The number of fused-ring (bicyclic) bond motifs is 1. The molecule has 1 amide bonds. The second kappa shape index (κ2) is 7.61. The molecule has 0 radical (unpaired) electrons. The summed E-state index contributed by atoms with van der Waals surface area (Å²) >= 11 is 0. The Bertz CT molecular complexity index is 1170. The molecule has 5 rings (SSSR count). The second-order valence-corrected chi connectivity index (χ2v) is 8.79. The number of rotatable bonds is 4. The second-order valence-electron chi connectivity index (χ2n) is 8.79. The zero-order chi connectivity index (χ0) is 21.7. The SMILES string of the molecule is Cc1cc2c(cc1Cc1ccc(-c3ccn(C)n3)cc1F)C(=O)N([C@H]1CCC[C@@H]1O)C2. The summed E-state index contributed by atoms with van der Waals surface area (Å²) in [5.41, 5.74) is 5.76. The van der Waals surface area contributed by atoms with E-state index >= 15 is 0 Å². The zero-order valence-corrected chi connectivity index (χ0v) is 17.8. The van der Waals surface area contributed by atoms with E-state index in [0.29, 0.717) is 24.1 Å². The molecule has 2 heterocycles. The maximum absolute atomic E-state index is 14.9. The molecule has 0 unspecified atom stereocenters. The molecule has 2 atom stereocenters. The summed E-state index contributed by atoms with van der Waals surface area (Å²) in [6.07, 6.45) is 4.37. The van der Waals surface area contributed by atoms with Crippen molar-refractivity contribution in [1.29, 1.82) is 0 Å². The first-order valence-corrected chi connectivity index (χ1v) is 10.8. The van der Waals surface area contributed by atoms with Crippen LogP contribution in [0.2, 0.25) is 0 Å². The summed E-state index contributed by atoms with van der Waals surface area (Å²) in [6.45, 7) is 2.55. The molecule has 31 heavy (non-hydrogen) atoms. The molecule has 2 aromatic carbocycles. The number of aryl methyl sites for hydroxylation is 2. The summed E-state index contributed by atoms with van der Waals surface area (Å²) in [7, 11) is 1.83. The van der Waals surface area contributed by atoms with E-state index in [4.69, 9.17) is 0 Å². The lowest BCUT2D eigenvalue weighted by molar-refractivity contribution is 0.0479. The average Bonchev–Trinajstić information content (AvgIpc) is 3.43. The molecule has 1 aliphatic heterocycles. The van der Waals surface area contributed by atoms with Gasteiger partial charge in [0.2, 0.25) is 0 Å². The largest absolute Gasteiger partial charge is 0.391 e. The molecule has 1 aromatic heterocycles. The van der Waals surface area contributed by atoms with Crippen LogP contribution >= 0.6 is 0 Å². The first-order valence-electron chi connectivity index (χ1n) is 10.8. The average molecular weight is 420 g/mol. The third-order valence-corrected chi connectivity index (χ3v) is 6.68. The third kappa shape index (κ3) is 3.55. The molecule has 5 nitrogen and oxygen atoms in total. The Morgan fingerprint density at radius 1 is 1.16 bits per heavy atom. The Hall–Kier alpha value is -2.99. The Balaban J connectivity index is 1.40. The summed E-state index contributed by atoms with van der Waals surface area (Å²) in [6, 6.07) is 10.9. The van der Waals surface area contributed by atoms with Crippen molar-refractivity contribution in [2.75, 3.05) is 0 Å². The summed E-state index contributed by atoms with van der Waals surface area (Å²) < 4.78 is 16.6. The first kappa shape index (κ1) is 19.9. The van der Waals surface area contributed by atoms with Gasteiger partial charge in [0.05, 0.1) is 17.8 Å². The normalized spacial score (nSPS) is 20.5.